The number of fused-ring (bicyclic) bond motifs is 2. The molecule has 2 aliphatic rings. The van der Waals surface area contributed by atoms with Gasteiger partial charge in [0.15, 0.2) is 5.84 Å². The molecule has 0 saturated carbocycles. The van der Waals surface area contributed by atoms with E-state index in [1.54, 1.807) is 12.1 Å². The summed E-state index contributed by atoms with van der Waals surface area (Å²) in [6.45, 7) is 0. The minimum Gasteiger partial charge on any atom is -0.486 e. The maximum atomic E-state index is 8.78. The Morgan fingerprint density at radius 2 is 2.04 bits per heavy atom. The van der Waals surface area contributed by atoms with E-state index in [9.17, 15) is 0 Å². The highest BCUT2D eigenvalue weighted by Gasteiger charge is 2.27. The highest BCUT2D eigenvalue weighted by molar-refractivity contribution is 6.00. The molecule has 2 unspecified atom stereocenters. The summed E-state index contributed by atoms with van der Waals surface area (Å²) in [7, 11) is 0. The van der Waals surface area contributed by atoms with Crippen LogP contribution in [0.25, 0.3) is 17.0 Å². The van der Waals surface area contributed by atoms with E-state index in [4.69, 9.17) is 31.6 Å². The number of rotatable bonds is 4. The average Bonchev–Trinajstić information content (AvgIpc) is 3.27. The van der Waals surface area contributed by atoms with Crippen molar-refractivity contribution in [1.82, 2.24) is 0 Å². The second-order valence-corrected chi connectivity index (χ2v) is 6.50. The third kappa shape index (κ3) is 3.38. The molecule has 0 spiro atoms. The van der Waals surface area contributed by atoms with Gasteiger partial charge < -0.3 is 31.6 Å². The second-order valence-electron chi connectivity index (χ2n) is 6.50. The first-order valence-corrected chi connectivity index (χ1v) is 8.52. The lowest BCUT2D eigenvalue weighted by Crippen LogP contribution is -2.33. The molecule has 7 heteroatoms. The summed E-state index contributed by atoms with van der Waals surface area (Å²) in [4.78, 5) is 0. The lowest BCUT2D eigenvalue weighted by Gasteiger charge is -2.19. The minimum absolute atomic E-state index is 0.0360. The molecule has 2 aromatic rings. The molecule has 0 radical (unpaired) electrons. The standard InChI is InChI=1S/C20H20N4O3/c21-19(22)12-3-6-17-14(7-12)9-16(26-17)5-4-15-8-11-1-2-13(20(23)24-25)10-18(11)27-15/h1-10,14,17,19,25H,21-22H2,(H2,23,24)/b5-4+. The molecule has 0 amide bonds. The molecule has 1 aromatic carbocycles. The lowest BCUT2D eigenvalue weighted by molar-refractivity contribution is 0.173. The molecular formula is C20H20N4O3. The third-order valence-electron chi connectivity index (χ3n) is 4.61. The zero-order valence-electron chi connectivity index (χ0n) is 14.4. The molecule has 1 aliphatic heterocycles. The monoisotopic (exact) mass is 364 g/mol. The molecule has 1 aliphatic carbocycles. The normalized spacial score (nSPS) is 22.3. The first-order chi connectivity index (χ1) is 13.0. The van der Waals surface area contributed by atoms with E-state index in [2.05, 4.69) is 5.16 Å². The SMILES string of the molecule is NC(=NO)c1ccc2cc(/C=C/C3=CC4C=C(C(N)N)C=CC4O3)oc2c1. The minimum atomic E-state index is -0.486. The molecule has 0 saturated heterocycles. The number of benzene rings is 1. The van der Waals surface area contributed by atoms with Crippen LogP contribution in [0.15, 0.2) is 75.6 Å². The van der Waals surface area contributed by atoms with E-state index >= 15 is 0 Å². The van der Waals surface area contributed by atoms with Gasteiger partial charge >= 0.3 is 0 Å². The predicted octanol–water partition coefficient (Wildman–Crippen LogP) is 2.18. The van der Waals surface area contributed by atoms with Crippen molar-refractivity contribution in [2.75, 3.05) is 0 Å². The van der Waals surface area contributed by atoms with Gasteiger partial charge in [0.05, 0.1) is 6.17 Å². The number of oxime groups is 1. The van der Waals surface area contributed by atoms with Crippen LogP contribution in [0.4, 0.5) is 0 Å². The first-order valence-electron chi connectivity index (χ1n) is 8.52. The van der Waals surface area contributed by atoms with Gasteiger partial charge in [0.2, 0.25) is 0 Å². The third-order valence-corrected chi connectivity index (χ3v) is 4.61. The summed E-state index contributed by atoms with van der Waals surface area (Å²) >= 11 is 0. The highest BCUT2D eigenvalue weighted by Crippen LogP contribution is 2.31. The number of nitrogens with two attached hydrogens (primary N) is 3. The largest absolute Gasteiger partial charge is 0.486 e. The molecule has 27 heavy (non-hydrogen) atoms. The Balaban J connectivity index is 1.53. The highest BCUT2D eigenvalue weighted by atomic mass is 16.5. The van der Waals surface area contributed by atoms with Gasteiger partial charge in [-0.25, -0.2) is 0 Å². The molecule has 138 valence electrons. The van der Waals surface area contributed by atoms with Crippen molar-refractivity contribution in [3.63, 3.8) is 0 Å². The van der Waals surface area contributed by atoms with Gasteiger partial charge in [0.1, 0.15) is 23.2 Å². The summed E-state index contributed by atoms with van der Waals surface area (Å²) in [6.07, 6.45) is 11.1. The van der Waals surface area contributed by atoms with Crippen LogP contribution in [0.2, 0.25) is 0 Å². The van der Waals surface area contributed by atoms with Crippen molar-refractivity contribution in [3.8, 4) is 0 Å². The second kappa shape index (κ2) is 6.79. The molecule has 7 N–H and O–H groups in total. The average molecular weight is 364 g/mol. The summed E-state index contributed by atoms with van der Waals surface area (Å²) in [6, 6.07) is 7.27. The maximum Gasteiger partial charge on any atom is 0.170 e. The Hall–Kier alpha value is -3.29. The maximum absolute atomic E-state index is 8.78. The number of allylic oxidation sites excluding steroid dienone is 1. The van der Waals surface area contributed by atoms with Gasteiger partial charge in [-0.15, -0.1) is 0 Å². The van der Waals surface area contributed by atoms with E-state index in [1.165, 1.54) is 0 Å². The Morgan fingerprint density at radius 3 is 2.81 bits per heavy atom. The Kier molecular flexibility index (Phi) is 4.31. The van der Waals surface area contributed by atoms with E-state index in [1.807, 2.05) is 48.6 Å². The summed E-state index contributed by atoms with van der Waals surface area (Å²) in [5.41, 5.74) is 19.2. The van der Waals surface area contributed by atoms with E-state index < -0.39 is 6.17 Å². The van der Waals surface area contributed by atoms with Crippen molar-refractivity contribution < 1.29 is 14.4 Å². The van der Waals surface area contributed by atoms with Crippen molar-refractivity contribution in [3.05, 3.63) is 77.3 Å². The van der Waals surface area contributed by atoms with Crippen molar-refractivity contribution in [2.24, 2.45) is 28.3 Å². The smallest absolute Gasteiger partial charge is 0.170 e. The zero-order valence-corrected chi connectivity index (χ0v) is 14.4. The number of furan rings is 1. The van der Waals surface area contributed by atoms with Gasteiger partial charge in [0, 0.05) is 16.9 Å². The number of amidine groups is 1. The van der Waals surface area contributed by atoms with Crippen LogP contribution in [-0.4, -0.2) is 23.3 Å². The first kappa shape index (κ1) is 17.1. The molecule has 4 rings (SSSR count). The topological polar surface area (TPSA) is 133 Å². The molecule has 1 aromatic heterocycles. The van der Waals surface area contributed by atoms with Gasteiger partial charge in [-0.1, -0.05) is 29.4 Å². The fourth-order valence-electron chi connectivity index (χ4n) is 3.19. The quantitative estimate of drug-likeness (QED) is 0.216. The fraction of sp³-hybridized carbons (Fsp3) is 0.150. The Labute approximate surface area is 155 Å². The molecule has 2 atom stereocenters. The molecule has 2 heterocycles. The summed E-state index contributed by atoms with van der Waals surface area (Å²) in [5.74, 6) is 1.60. The zero-order chi connectivity index (χ0) is 19.0. The number of hydrogen-bond acceptors (Lipinski definition) is 6. The van der Waals surface area contributed by atoms with Crippen LogP contribution < -0.4 is 17.2 Å². The van der Waals surface area contributed by atoms with Crippen LogP contribution in [0.5, 0.6) is 0 Å². The van der Waals surface area contributed by atoms with Crippen molar-refractivity contribution in [2.45, 2.75) is 12.3 Å². The molecular weight excluding hydrogens is 344 g/mol. The van der Waals surface area contributed by atoms with Crippen LogP contribution in [-0.2, 0) is 4.74 Å². The van der Waals surface area contributed by atoms with Crippen molar-refractivity contribution in [1.29, 1.82) is 0 Å². The molecule has 7 nitrogen and oxygen atoms in total. The summed E-state index contributed by atoms with van der Waals surface area (Å²) < 4.78 is 11.7. The Morgan fingerprint density at radius 1 is 1.19 bits per heavy atom. The van der Waals surface area contributed by atoms with Gasteiger partial charge in [-0.2, -0.15) is 0 Å². The van der Waals surface area contributed by atoms with Gasteiger partial charge in [-0.05, 0) is 42.0 Å². The van der Waals surface area contributed by atoms with E-state index in [0.717, 1.165) is 16.7 Å². The van der Waals surface area contributed by atoms with Crippen LogP contribution >= 0.6 is 0 Å². The van der Waals surface area contributed by atoms with Gasteiger partial charge in [0.25, 0.3) is 0 Å². The summed E-state index contributed by atoms with van der Waals surface area (Å²) in [5, 5.41) is 12.7. The molecule has 0 bridgehead atoms. The van der Waals surface area contributed by atoms with E-state index in [-0.39, 0.29) is 17.9 Å². The van der Waals surface area contributed by atoms with Crippen LogP contribution in [0, 0.1) is 5.92 Å². The van der Waals surface area contributed by atoms with Crippen molar-refractivity contribution >= 4 is 22.9 Å². The number of nitrogens with zero attached hydrogens (tertiary/aromatic N) is 1. The lowest BCUT2D eigenvalue weighted by atomic mass is 9.93. The number of hydrogen-bond donors (Lipinski definition) is 4. The molecule has 0 fully saturated rings. The van der Waals surface area contributed by atoms with E-state index in [0.29, 0.717) is 16.9 Å². The van der Waals surface area contributed by atoms with Crippen LogP contribution in [0.3, 0.4) is 0 Å². The number of ether oxygens (including phenoxy) is 1. The van der Waals surface area contributed by atoms with Gasteiger partial charge in [-0.3, -0.25) is 0 Å². The fourth-order valence-corrected chi connectivity index (χ4v) is 3.19. The predicted molar refractivity (Wildman–Crippen MR) is 104 cm³/mol. The Bertz CT molecular complexity index is 1030. The van der Waals surface area contributed by atoms with Crippen LogP contribution in [0.1, 0.15) is 11.3 Å².